The van der Waals surface area contributed by atoms with Gasteiger partial charge in [-0.1, -0.05) is 90.8 Å². The number of aliphatic imine (C=N–C) groups is 1. The summed E-state index contributed by atoms with van der Waals surface area (Å²) in [7, 11) is 0. The zero-order valence-electron chi connectivity index (χ0n) is 27.0. The summed E-state index contributed by atoms with van der Waals surface area (Å²) >= 11 is 1.87. The molecule has 3 nitrogen and oxygen atoms in total. The molecular weight excluding hydrogens is 615 g/mol. The Bertz CT molecular complexity index is 2670. The largest absolute Gasteiger partial charge is 0.313 e. The molecule has 0 radical (unpaired) electrons. The molecule has 0 spiro atoms. The Balaban J connectivity index is 1.08. The molecule has 1 aliphatic carbocycles. The van der Waals surface area contributed by atoms with Crippen molar-refractivity contribution in [3.05, 3.63) is 174 Å². The number of thiophene rings is 1. The average Bonchev–Trinajstić information content (AvgIpc) is 3.68. The number of fused-ring (bicyclic) bond motifs is 6. The smallest absolute Gasteiger partial charge is 0.279 e. The van der Waals surface area contributed by atoms with Crippen LogP contribution < -0.4 is 0 Å². The Morgan fingerprint density at radius 1 is 0.633 bits per heavy atom. The van der Waals surface area contributed by atoms with Crippen LogP contribution in [0.4, 0.5) is 5.69 Å². The number of hydrogen-bond donors (Lipinski definition) is 0. The van der Waals surface area contributed by atoms with Crippen molar-refractivity contribution in [2.24, 2.45) is 4.99 Å². The lowest BCUT2D eigenvalue weighted by Crippen LogP contribution is -2.34. The van der Waals surface area contributed by atoms with Gasteiger partial charge in [0.25, 0.3) is 11.7 Å². The first-order valence-corrected chi connectivity index (χ1v) is 17.8. The molecular formula is C45H32N3S+. The lowest BCUT2D eigenvalue weighted by molar-refractivity contribution is -0.319. The minimum Gasteiger partial charge on any atom is -0.313 e. The fourth-order valence-electron chi connectivity index (χ4n) is 7.67. The summed E-state index contributed by atoms with van der Waals surface area (Å²) in [6.45, 7) is 2.35. The van der Waals surface area contributed by atoms with E-state index >= 15 is 0 Å². The minimum absolute atomic E-state index is 0.411. The predicted molar refractivity (Wildman–Crippen MR) is 207 cm³/mol. The van der Waals surface area contributed by atoms with Crippen molar-refractivity contribution in [1.82, 2.24) is 4.57 Å². The van der Waals surface area contributed by atoms with Gasteiger partial charge < -0.3 is 4.57 Å². The molecule has 0 saturated carbocycles. The maximum absolute atomic E-state index is 5.01. The van der Waals surface area contributed by atoms with Gasteiger partial charge in [-0.05, 0) is 96.4 Å². The third-order valence-corrected chi connectivity index (χ3v) is 11.2. The first kappa shape index (κ1) is 28.2. The van der Waals surface area contributed by atoms with Crippen molar-refractivity contribution in [2.45, 2.75) is 19.3 Å². The Kier molecular flexibility index (Phi) is 6.40. The highest BCUT2D eigenvalue weighted by Gasteiger charge is 2.33. The molecule has 0 fully saturated rings. The van der Waals surface area contributed by atoms with Crippen LogP contribution in [0.5, 0.6) is 0 Å². The van der Waals surface area contributed by atoms with E-state index in [0.29, 0.717) is 5.92 Å². The van der Waals surface area contributed by atoms with Crippen molar-refractivity contribution in [1.29, 1.82) is 0 Å². The molecule has 1 unspecified atom stereocenters. The maximum atomic E-state index is 5.01. The number of amidine groups is 2. The van der Waals surface area contributed by atoms with Gasteiger partial charge in [-0.15, -0.1) is 11.3 Å². The third-order valence-electron chi connectivity index (χ3n) is 10.1. The van der Waals surface area contributed by atoms with Gasteiger partial charge in [0, 0.05) is 48.4 Å². The Morgan fingerprint density at radius 3 is 2.10 bits per heavy atom. The molecule has 6 aromatic carbocycles. The fraction of sp³-hybridized carbons (Fsp3) is 0.0667. The third kappa shape index (κ3) is 4.48. The van der Waals surface area contributed by atoms with Gasteiger partial charge in [-0.2, -0.15) is 4.58 Å². The fourth-order valence-corrected chi connectivity index (χ4v) is 8.76. The summed E-state index contributed by atoms with van der Waals surface area (Å²) in [5.41, 5.74) is 11.0. The highest BCUT2D eigenvalue weighted by molar-refractivity contribution is 7.25. The Labute approximate surface area is 289 Å². The highest BCUT2D eigenvalue weighted by atomic mass is 32.1. The van der Waals surface area contributed by atoms with E-state index in [0.717, 1.165) is 34.9 Å². The highest BCUT2D eigenvalue weighted by Crippen LogP contribution is 2.42. The van der Waals surface area contributed by atoms with Crippen LogP contribution in [0.1, 0.15) is 41.6 Å². The molecule has 1 atom stereocenters. The van der Waals surface area contributed by atoms with E-state index < -0.39 is 0 Å². The van der Waals surface area contributed by atoms with Crippen molar-refractivity contribution < 1.29 is 4.58 Å². The summed E-state index contributed by atoms with van der Waals surface area (Å²) in [5, 5.41) is 3.97. The van der Waals surface area contributed by atoms with Crippen LogP contribution >= 0.6 is 11.3 Å². The summed E-state index contributed by atoms with van der Waals surface area (Å²) in [5.74, 6) is 2.35. The van der Waals surface area contributed by atoms with E-state index in [1.807, 2.05) is 11.3 Å². The first-order chi connectivity index (χ1) is 24.2. The number of hydrogen-bond acceptors (Lipinski definition) is 2. The van der Waals surface area contributed by atoms with E-state index in [2.05, 4.69) is 174 Å². The minimum atomic E-state index is 0.411. The van der Waals surface area contributed by atoms with Crippen LogP contribution in [0.15, 0.2) is 157 Å². The van der Waals surface area contributed by atoms with Gasteiger partial charge in [-0.3, -0.25) is 0 Å². The second kappa shape index (κ2) is 11.1. The van der Waals surface area contributed by atoms with Crippen LogP contribution in [-0.4, -0.2) is 20.8 Å². The van der Waals surface area contributed by atoms with Crippen molar-refractivity contribution in [2.75, 3.05) is 0 Å². The van der Waals surface area contributed by atoms with Crippen LogP contribution in [-0.2, 0) is 0 Å². The van der Waals surface area contributed by atoms with Gasteiger partial charge in [0.15, 0.2) is 0 Å². The SMILES string of the molecule is CC1CC=Cc2c1n(-c1ccc([N+]3=C(c4ccccc4)N=C3c3ccccc3)cc1)c1ccc(-c3ccc4sc5ccccc5c4c3)cc21. The van der Waals surface area contributed by atoms with Gasteiger partial charge in [-0.25, -0.2) is 0 Å². The Hall–Kier alpha value is -5.84. The molecule has 10 rings (SSSR count). The molecule has 49 heavy (non-hydrogen) atoms. The maximum Gasteiger partial charge on any atom is 0.279 e. The van der Waals surface area contributed by atoms with Gasteiger partial charge in [0.1, 0.15) is 5.69 Å². The lowest BCUT2D eigenvalue weighted by Gasteiger charge is -2.21. The first-order valence-electron chi connectivity index (χ1n) is 16.9. The zero-order valence-corrected chi connectivity index (χ0v) is 27.9. The summed E-state index contributed by atoms with van der Waals surface area (Å²) in [6, 6.07) is 52.6. The van der Waals surface area contributed by atoms with E-state index in [9.17, 15) is 0 Å². The standard InChI is InChI=1S/C45H32N3S/c1-29-11-10-17-37-38-27-32(33-20-26-42-39(28-33)36-16-8-9-18-41(36)49-42)19-25-40(38)47(43(29)37)34-21-23-35(24-22-34)48-44(30-12-4-2-5-13-30)46-45(48)31-14-6-3-7-15-31/h2-10,12-29H,11H2,1H3/q+1. The monoisotopic (exact) mass is 646 g/mol. The predicted octanol–water partition coefficient (Wildman–Crippen LogP) is 11.7. The van der Waals surface area contributed by atoms with Crippen molar-refractivity contribution in [3.63, 3.8) is 0 Å². The summed E-state index contributed by atoms with van der Waals surface area (Å²) < 4.78 is 7.45. The number of nitrogens with zero attached hydrogens (tertiary/aromatic N) is 3. The number of allylic oxidation sites excluding steroid dienone is 1. The average molecular weight is 647 g/mol. The molecule has 0 N–H and O–H groups in total. The summed E-state index contributed by atoms with van der Waals surface area (Å²) in [4.78, 5) is 5.01. The van der Waals surface area contributed by atoms with E-state index in [4.69, 9.17) is 4.99 Å². The molecule has 2 aliphatic rings. The normalized spacial score (nSPS) is 15.5. The molecule has 232 valence electrons. The quantitative estimate of drug-likeness (QED) is 0.166. The molecule has 4 heteroatoms. The van der Waals surface area contributed by atoms with Gasteiger partial charge >= 0.3 is 0 Å². The molecule has 2 aromatic heterocycles. The van der Waals surface area contributed by atoms with Crippen molar-refractivity contribution >= 4 is 65.8 Å². The molecule has 3 heterocycles. The van der Waals surface area contributed by atoms with Gasteiger partial charge in [0.05, 0.1) is 16.6 Å². The van der Waals surface area contributed by atoms with E-state index in [-0.39, 0.29) is 0 Å². The van der Waals surface area contributed by atoms with Gasteiger partial charge in [0.2, 0.25) is 0 Å². The molecule has 0 saturated heterocycles. The second-order valence-corrected chi connectivity index (χ2v) is 14.1. The second-order valence-electron chi connectivity index (χ2n) is 13.1. The Morgan fingerprint density at radius 2 is 1.31 bits per heavy atom. The number of benzene rings is 6. The van der Waals surface area contributed by atoms with Crippen LogP contribution in [0.25, 0.3) is 54.0 Å². The molecule has 1 aliphatic heterocycles. The number of aromatic nitrogens is 1. The van der Waals surface area contributed by atoms with Crippen LogP contribution in [0.3, 0.4) is 0 Å². The van der Waals surface area contributed by atoms with Crippen molar-refractivity contribution in [3.8, 4) is 16.8 Å². The molecule has 0 amide bonds. The molecule has 8 aromatic rings. The van der Waals surface area contributed by atoms with Crippen LogP contribution in [0, 0.1) is 0 Å². The van der Waals surface area contributed by atoms with E-state index in [1.54, 1.807) is 0 Å². The number of rotatable bonds is 5. The lowest BCUT2D eigenvalue weighted by atomic mass is 9.92. The summed E-state index contributed by atoms with van der Waals surface area (Å²) in [6.07, 6.45) is 5.72. The van der Waals surface area contributed by atoms with Crippen LogP contribution in [0.2, 0.25) is 0 Å². The molecule has 0 bridgehead atoms. The zero-order chi connectivity index (χ0) is 32.5. The topological polar surface area (TPSA) is 20.3 Å². The van der Waals surface area contributed by atoms with E-state index in [1.165, 1.54) is 59.1 Å².